The van der Waals surface area contributed by atoms with Gasteiger partial charge < -0.3 is 4.43 Å². The Labute approximate surface area is 133 Å². The fourth-order valence-corrected chi connectivity index (χ4v) is 7.04. The molecule has 1 saturated carbocycles. The summed E-state index contributed by atoms with van der Waals surface area (Å²) < 4.78 is 6.58. The van der Waals surface area contributed by atoms with Gasteiger partial charge in [-0.25, -0.2) is 0 Å². The summed E-state index contributed by atoms with van der Waals surface area (Å²) in [5.41, 5.74) is 1.51. The lowest BCUT2D eigenvalue weighted by molar-refractivity contribution is -0.132. The summed E-state index contributed by atoms with van der Waals surface area (Å²) in [6, 6.07) is 3.08. The Morgan fingerprint density at radius 3 is 2.27 bits per heavy atom. The molecule has 0 aromatic heterocycles. The fraction of sp³-hybridized carbons (Fsp3) is 0.667. The van der Waals surface area contributed by atoms with E-state index >= 15 is 0 Å². The number of carbonyl (C=O) groups excluding carboxylic acids is 2. The number of allylic oxidation sites excluding steroid dienone is 2. The van der Waals surface area contributed by atoms with Crippen LogP contribution >= 0.6 is 0 Å². The van der Waals surface area contributed by atoms with E-state index in [2.05, 4.69) is 20.8 Å². The van der Waals surface area contributed by atoms with Gasteiger partial charge in [-0.3, -0.25) is 9.59 Å². The van der Waals surface area contributed by atoms with Crippen LogP contribution in [0.5, 0.6) is 0 Å². The van der Waals surface area contributed by atoms with E-state index in [0.29, 0.717) is 0 Å². The van der Waals surface area contributed by atoms with Gasteiger partial charge in [-0.2, -0.15) is 0 Å². The van der Waals surface area contributed by atoms with Crippen LogP contribution in [0.25, 0.3) is 0 Å². The molecule has 120 valence electrons. The maximum atomic E-state index is 13.1. The predicted molar refractivity (Wildman–Crippen MR) is 89.1 cm³/mol. The molecule has 0 aromatic carbocycles. The summed E-state index contributed by atoms with van der Waals surface area (Å²) in [7, 11) is -1.87. The highest BCUT2D eigenvalue weighted by molar-refractivity contribution is 6.73. The standard InChI is InChI=1S/C18H26O3Si/c1-5-22(6-2,7-3)21-16-13-8-9-14(19)15(13)12(4)18(10-11-18)17(16)20/h8-9,13,16H,5-7,10-11H2,1-4H3/t13-,16-/m1/s1. The van der Waals surface area contributed by atoms with Crippen molar-refractivity contribution in [3.8, 4) is 0 Å². The molecule has 0 heterocycles. The van der Waals surface area contributed by atoms with Crippen molar-refractivity contribution in [2.75, 3.05) is 0 Å². The van der Waals surface area contributed by atoms with Crippen LogP contribution < -0.4 is 0 Å². The van der Waals surface area contributed by atoms with Crippen molar-refractivity contribution < 1.29 is 14.0 Å². The quantitative estimate of drug-likeness (QED) is 0.724. The summed E-state index contributed by atoms with van der Waals surface area (Å²) in [6.45, 7) is 8.52. The summed E-state index contributed by atoms with van der Waals surface area (Å²) in [5.74, 6) is 0.194. The lowest BCUT2D eigenvalue weighted by Gasteiger charge is -2.40. The second-order valence-corrected chi connectivity index (χ2v) is 11.7. The molecule has 3 aliphatic rings. The molecule has 0 saturated heterocycles. The Hall–Kier alpha value is -1.00. The number of hydrogen-bond acceptors (Lipinski definition) is 3. The summed E-state index contributed by atoms with van der Waals surface area (Å²) in [6.07, 6.45) is 4.90. The maximum absolute atomic E-state index is 13.1. The summed E-state index contributed by atoms with van der Waals surface area (Å²) >= 11 is 0. The number of carbonyl (C=O) groups is 2. The molecule has 0 N–H and O–H groups in total. The minimum Gasteiger partial charge on any atom is -0.406 e. The Bertz CT molecular complexity index is 571. The van der Waals surface area contributed by atoms with E-state index in [4.69, 9.17) is 4.43 Å². The highest BCUT2D eigenvalue weighted by Crippen LogP contribution is 2.59. The normalized spacial score (nSPS) is 29.5. The lowest BCUT2D eigenvalue weighted by Crippen LogP contribution is -2.50. The smallest absolute Gasteiger partial charge is 0.193 e. The molecule has 4 heteroatoms. The van der Waals surface area contributed by atoms with Crippen molar-refractivity contribution in [2.24, 2.45) is 11.3 Å². The molecule has 22 heavy (non-hydrogen) atoms. The molecular formula is C18H26O3Si. The van der Waals surface area contributed by atoms with Crippen molar-refractivity contribution in [1.82, 2.24) is 0 Å². The van der Waals surface area contributed by atoms with Crippen LogP contribution in [0.15, 0.2) is 23.3 Å². The van der Waals surface area contributed by atoms with E-state index in [-0.39, 0.29) is 22.9 Å². The average molecular weight is 318 g/mol. The summed E-state index contributed by atoms with van der Waals surface area (Å²) in [5, 5.41) is 0. The van der Waals surface area contributed by atoms with Gasteiger partial charge in [0, 0.05) is 11.5 Å². The van der Waals surface area contributed by atoms with Gasteiger partial charge in [-0.05, 0) is 44.0 Å². The molecule has 0 aromatic rings. The van der Waals surface area contributed by atoms with Crippen LogP contribution in [0.1, 0.15) is 40.5 Å². The third-order valence-corrected chi connectivity index (χ3v) is 10.9. The van der Waals surface area contributed by atoms with Crippen molar-refractivity contribution in [3.63, 3.8) is 0 Å². The zero-order valence-corrected chi connectivity index (χ0v) is 15.1. The van der Waals surface area contributed by atoms with E-state index in [9.17, 15) is 9.59 Å². The van der Waals surface area contributed by atoms with Gasteiger partial charge in [-0.15, -0.1) is 0 Å². The second kappa shape index (κ2) is 5.27. The number of Topliss-reactive ketones (excluding diaryl/α,β-unsaturated/α-hetero) is 1. The van der Waals surface area contributed by atoms with Crippen molar-refractivity contribution >= 4 is 19.9 Å². The van der Waals surface area contributed by atoms with E-state index in [1.165, 1.54) is 0 Å². The van der Waals surface area contributed by atoms with Gasteiger partial charge in [0.2, 0.25) is 0 Å². The highest BCUT2D eigenvalue weighted by atomic mass is 28.4. The first kappa shape index (κ1) is 15.9. The van der Waals surface area contributed by atoms with Crippen LogP contribution in [-0.4, -0.2) is 26.0 Å². The van der Waals surface area contributed by atoms with Crippen LogP contribution in [0, 0.1) is 11.3 Å². The Morgan fingerprint density at radius 2 is 1.77 bits per heavy atom. The van der Waals surface area contributed by atoms with E-state index in [1.54, 1.807) is 6.08 Å². The molecule has 3 nitrogen and oxygen atoms in total. The van der Waals surface area contributed by atoms with Crippen LogP contribution in [0.4, 0.5) is 0 Å². The number of rotatable bonds is 5. The third kappa shape index (κ3) is 2.03. The van der Waals surface area contributed by atoms with Crippen molar-refractivity contribution in [3.05, 3.63) is 23.3 Å². The second-order valence-electron chi connectivity index (χ2n) is 7.02. The molecule has 0 aliphatic heterocycles. The first-order valence-electron chi connectivity index (χ1n) is 8.60. The highest BCUT2D eigenvalue weighted by Gasteiger charge is 2.61. The van der Waals surface area contributed by atoms with Gasteiger partial charge in [0.15, 0.2) is 19.9 Å². The SMILES string of the molecule is CC[Si](CC)(CC)O[C@H]1C(=O)C2(CC2)C(C)=C2C(=O)C=C[C@H]21. The zero-order chi connectivity index (χ0) is 16.1. The van der Waals surface area contributed by atoms with Gasteiger partial charge >= 0.3 is 0 Å². The fourth-order valence-electron chi connectivity index (χ4n) is 4.25. The van der Waals surface area contributed by atoms with Crippen LogP contribution in [-0.2, 0) is 14.0 Å². The monoisotopic (exact) mass is 318 g/mol. The largest absolute Gasteiger partial charge is 0.406 e. The minimum atomic E-state index is -1.87. The molecule has 1 fully saturated rings. The first-order valence-corrected chi connectivity index (χ1v) is 11.1. The molecule has 0 amide bonds. The van der Waals surface area contributed by atoms with Gasteiger partial charge in [0.05, 0.1) is 5.41 Å². The number of hydrogen-bond donors (Lipinski definition) is 0. The third-order valence-electron chi connectivity index (χ3n) is 6.29. The van der Waals surface area contributed by atoms with Gasteiger partial charge in [0.1, 0.15) is 6.10 Å². The number of fused-ring (bicyclic) bond motifs is 1. The molecule has 0 bridgehead atoms. The molecule has 3 rings (SSSR count). The van der Waals surface area contributed by atoms with E-state index in [1.807, 2.05) is 13.0 Å². The maximum Gasteiger partial charge on any atom is 0.193 e. The molecule has 3 aliphatic carbocycles. The lowest BCUT2D eigenvalue weighted by atomic mass is 9.73. The minimum absolute atomic E-state index is 0.0895. The zero-order valence-electron chi connectivity index (χ0n) is 14.1. The van der Waals surface area contributed by atoms with Crippen LogP contribution in [0.3, 0.4) is 0 Å². The van der Waals surface area contributed by atoms with Crippen molar-refractivity contribution in [2.45, 2.75) is 64.8 Å². The Balaban J connectivity index is 2.00. The molecule has 1 spiro atoms. The van der Waals surface area contributed by atoms with Crippen LogP contribution in [0.2, 0.25) is 18.1 Å². The van der Waals surface area contributed by atoms with Gasteiger partial charge in [0.25, 0.3) is 0 Å². The Morgan fingerprint density at radius 1 is 1.18 bits per heavy atom. The summed E-state index contributed by atoms with van der Waals surface area (Å²) in [4.78, 5) is 25.4. The topological polar surface area (TPSA) is 43.4 Å². The Kier molecular flexibility index (Phi) is 3.80. The van der Waals surface area contributed by atoms with Crippen molar-refractivity contribution in [1.29, 1.82) is 0 Å². The predicted octanol–water partition coefficient (Wildman–Crippen LogP) is 3.81. The molecule has 2 atom stereocenters. The first-order chi connectivity index (χ1) is 10.4. The molecular weight excluding hydrogens is 292 g/mol. The van der Waals surface area contributed by atoms with E-state index in [0.717, 1.165) is 42.1 Å². The van der Waals surface area contributed by atoms with E-state index < -0.39 is 14.4 Å². The number of ketones is 2. The molecule has 0 radical (unpaired) electrons. The van der Waals surface area contributed by atoms with Gasteiger partial charge in [-0.1, -0.05) is 32.4 Å². The molecule has 0 unspecified atom stereocenters. The average Bonchev–Trinajstić information content (AvgIpc) is 3.25.